The van der Waals surface area contributed by atoms with Gasteiger partial charge in [0.2, 0.25) is 5.91 Å². The van der Waals surface area contributed by atoms with Crippen molar-refractivity contribution in [1.82, 2.24) is 0 Å². The number of rotatable bonds is 2. The van der Waals surface area contributed by atoms with Gasteiger partial charge in [0, 0.05) is 12.2 Å². The van der Waals surface area contributed by atoms with Crippen molar-refractivity contribution in [2.75, 3.05) is 11.4 Å². The normalized spacial score (nSPS) is 20.3. The number of ether oxygens (including phenoxy) is 1. The third-order valence-electron chi connectivity index (χ3n) is 2.63. The van der Waals surface area contributed by atoms with Gasteiger partial charge in [-0.1, -0.05) is 0 Å². The summed E-state index contributed by atoms with van der Waals surface area (Å²) in [4.78, 5) is 13.1. The lowest BCUT2D eigenvalue weighted by atomic mass is 10.2. The molecule has 0 spiro atoms. The Bertz CT molecular complexity index is 445. The highest BCUT2D eigenvalue weighted by atomic mass is 19.4. The molecule has 1 heterocycles. The molecule has 1 aliphatic heterocycles. The van der Waals surface area contributed by atoms with E-state index in [1.165, 1.54) is 29.2 Å². The molecule has 98 valence electrons. The number of benzene rings is 1. The van der Waals surface area contributed by atoms with Crippen LogP contribution in [0, 0.1) is 0 Å². The number of nitrogens with two attached hydrogens (primary N) is 1. The van der Waals surface area contributed by atoms with Crippen LogP contribution in [0.2, 0.25) is 0 Å². The van der Waals surface area contributed by atoms with E-state index in [0.29, 0.717) is 18.7 Å². The Morgan fingerprint density at radius 2 is 1.89 bits per heavy atom. The summed E-state index contributed by atoms with van der Waals surface area (Å²) in [6.07, 6.45) is -4.17. The molecule has 4 nitrogen and oxygen atoms in total. The second-order valence-electron chi connectivity index (χ2n) is 3.93. The summed E-state index contributed by atoms with van der Waals surface area (Å²) in [5.41, 5.74) is 6.07. The molecule has 0 saturated carbocycles. The molecule has 18 heavy (non-hydrogen) atoms. The number of carbonyl (C=O) groups excluding carboxylic acids is 1. The summed E-state index contributed by atoms with van der Waals surface area (Å²) in [6.45, 7) is 0.472. The lowest BCUT2D eigenvalue weighted by molar-refractivity contribution is -0.274. The Kier molecular flexibility index (Phi) is 3.16. The van der Waals surface area contributed by atoms with Gasteiger partial charge in [-0.2, -0.15) is 0 Å². The average molecular weight is 260 g/mol. The molecule has 1 unspecified atom stereocenters. The van der Waals surface area contributed by atoms with Crippen LogP contribution in [0.5, 0.6) is 5.75 Å². The Morgan fingerprint density at radius 1 is 1.28 bits per heavy atom. The number of hydrogen-bond donors (Lipinski definition) is 1. The van der Waals surface area contributed by atoms with Gasteiger partial charge in [-0.05, 0) is 30.7 Å². The summed E-state index contributed by atoms with van der Waals surface area (Å²) < 4.78 is 39.6. The van der Waals surface area contributed by atoms with E-state index in [-0.39, 0.29) is 11.7 Å². The number of alkyl halides is 3. The molecule has 0 aliphatic carbocycles. The molecule has 1 amide bonds. The van der Waals surface area contributed by atoms with Crippen molar-refractivity contribution in [3.05, 3.63) is 24.3 Å². The van der Waals surface area contributed by atoms with Gasteiger partial charge in [0.25, 0.3) is 0 Å². The number of carbonyl (C=O) groups is 1. The van der Waals surface area contributed by atoms with Crippen LogP contribution < -0.4 is 15.4 Å². The molecular weight excluding hydrogens is 249 g/mol. The maximum absolute atomic E-state index is 12.0. The van der Waals surface area contributed by atoms with Crippen molar-refractivity contribution >= 4 is 11.6 Å². The van der Waals surface area contributed by atoms with Crippen LogP contribution in [0.15, 0.2) is 24.3 Å². The minimum atomic E-state index is -4.71. The topological polar surface area (TPSA) is 55.6 Å². The summed E-state index contributed by atoms with van der Waals surface area (Å²) in [5.74, 6) is -0.540. The first-order chi connectivity index (χ1) is 8.37. The van der Waals surface area contributed by atoms with Gasteiger partial charge in [0.05, 0.1) is 6.04 Å². The van der Waals surface area contributed by atoms with Crippen molar-refractivity contribution in [2.24, 2.45) is 5.73 Å². The summed E-state index contributed by atoms with van der Waals surface area (Å²) >= 11 is 0. The van der Waals surface area contributed by atoms with Gasteiger partial charge in [-0.25, -0.2) is 0 Å². The number of anilines is 1. The van der Waals surface area contributed by atoms with E-state index in [1.807, 2.05) is 0 Å². The molecule has 1 saturated heterocycles. The standard InChI is InChI=1S/C11H11F3N2O2/c12-11(13,14)18-8-3-1-7(2-4-8)16-6-5-9(15)10(16)17/h1-4,9H,5-6,15H2. The molecule has 1 aromatic carbocycles. The highest BCUT2D eigenvalue weighted by Crippen LogP contribution is 2.27. The maximum Gasteiger partial charge on any atom is 0.573 e. The van der Waals surface area contributed by atoms with Gasteiger partial charge < -0.3 is 15.4 Å². The molecule has 1 atom stereocenters. The largest absolute Gasteiger partial charge is 0.573 e. The fourth-order valence-electron chi connectivity index (χ4n) is 1.79. The number of nitrogens with zero attached hydrogens (tertiary/aromatic N) is 1. The first kappa shape index (κ1) is 12.7. The second kappa shape index (κ2) is 4.49. The minimum Gasteiger partial charge on any atom is -0.406 e. The van der Waals surface area contributed by atoms with E-state index in [0.717, 1.165) is 0 Å². The summed E-state index contributed by atoms with van der Waals surface area (Å²) in [6, 6.07) is 4.60. The first-order valence-electron chi connectivity index (χ1n) is 5.29. The molecule has 1 aliphatic rings. The predicted octanol–water partition coefficient (Wildman–Crippen LogP) is 1.65. The van der Waals surface area contributed by atoms with Crippen LogP contribution in [-0.4, -0.2) is 24.9 Å². The van der Waals surface area contributed by atoms with Crippen molar-refractivity contribution in [1.29, 1.82) is 0 Å². The SMILES string of the molecule is NC1CCN(c2ccc(OC(F)(F)F)cc2)C1=O. The van der Waals surface area contributed by atoms with Crippen molar-refractivity contribution in [3.63, 3.8) is 0 Å². The Morgan fingerprint density at radius 3 is 2.33 bits per heavy atom. The number of amides is 1. The van der Waals surface area contributed by atoms with E-state index in [9.17, 15) is 18.0 Å². The van der Waals surface area contributed by atoms with Crippen LogP contribution in [0.25, 0.3) is 0 Å². The molecular formula is C11H11F3N2O2. The minimum absolute atomic E-state index is 0.223. The van der Waals surface area contributed by atoms with Crippen LogP contribution in [0.3, 0.4) is 0 Å². The van der Waals surface area contributed by atoms with Gasteiger partial charge >= 0.3 is 6.36 Å². The molecule has 7 heteroatoms. The molecule has 1 fully saturated rings. The smallest absolute Gasteiger partial charge is 0.406 e. The lowest BCUT2D eigenvalue weighted by Crippen LogP contribution is -2.33. The molecule has 2 rings (SSSR count). The van der Waals surface area contributed by atoms with E-state index < -0.39 is 12.4 Å². The van der Waals surface area contributed by atoms with E-state index >= 15 is 0 Å². The monoisotopic (exact) mass is 260 g/mol. The van der Waals surface area contributed by atoms with Crippen LogP contribution >= 0.6 is 0 Å². The Hall–Kier alpha value is -1.76. The average Bonchev–Trinajstić information content (AvgIpc) is 2.59. The molecule has 1 aromatic rings. The molecule has 2 N–H and O–H groups in total. The van der Waals surface area contributed by atoms with Gasteiger partial charge in [0.1, 0.15) is 5.75 Å². The summed E-state index contributed by atoms with van der Waals surface area (Å²) in [5, 5.41) is 0. The fraction of sp³-hybridized carbons (Fsp3) is 0.364. The molecule has 0 radical (unpaired) electrons. The zero-order chi connectivity index (χ0) is 13.3. The predicted molar refractivity (Wildman–Crippen MR) is 58.1 cm³/mol. The molecule has 0 aromatic heterocycles. The zero-order valence-electron chi connectivity index (χ0n) is 9.28. The number of hydrogen-bond acceptors (Lipinski definition) is 3. The zero-order valence-corrected chi connectivity index (χ0v) is 9.28. The fourth-order valence-corrected chi connectivity index (χ4v) is 1.79. The third-order valence-corrected chi connectivity index (χ3v) is 2.63. The maximum atomic E-state index is 12.0. The Balaban J connectivity index is 2.11. The highest BCUT2D eigenvalue weighted by molar-refractivity contribution is 5.99. The summed E-state index contributed by atoms with van der Waals surface area (Å²) in [7, 11) is 0. The van der Waals surface area contributed by atoms with Crippen LogP contribution in [-0.2, 0) is 4.79 Å². The highest BCUT2D eigenvalue weighted by Gasteiger charge is 2.32. The first-order valence-corrected chi connectivity index (χ1v) is 5.29. The van der Waals surface area contributed by atoms with E-state index in [4.69, 9.17) is 5.73 Å². The molecule has 0 bridgehead atoms. The number of halogens is 3. The van der Waals surface area contributed by atoms with Gasteiger partial charge in [-0.3, -0.25) is 4.79 Å². The van der Waals surface area contributed by atoms with Crippen LogP contribution in [0.1, 0.15) is 6.42 Å². The van der Waals surface area contributed by atoms with Crippen molar-refractivity contribution in [2.45, 2.75) is 18.8 Å². The third kappa shape index (κ3) is 2.73. The lowest BCUT2D eigenvalue weighted by Gasteiger charge is -2.16. The van der Waals surface area contributed by atoms with E-state index in [2.05, 4.69) is 4.74 Å². The van der Waals surface area contributed by atoms with Crippen molar-refractivity contribution in [3.8, 4) is 5.75 Å². The Labute approximate surface area is 101 Å². The second-order valence-corrected chi connectivity index (χ2v) is 3.93. The van der Waals surface area contributed by atoms with Crippen LogP contribution in [0.4, 0.5) is 18.9 Å². The quantitative estimate of drug-likeness (QED) is 0.879. The van der Waals surface area contributed by atoms with E-state index in [1.54, 1.807) is 0 Å². The van der Waals surface area contributed by atoms with Crippen molar-refractivity contribution < 1.29 is 22.7 Å². The van der Waals surface area contributed by atoms with Gasteiger partial charge in [-0.15, -0.1) is 13.2 Å². The van der Waals surface area contributed by atoms with Gasteiger partial charge in [0.15, 0.2) is 0 Å².